The molecule has 1 aliphatic carbocycles. The summed E-state index contributed by atoms with van der Waals surface area (Å²) >= 11 is 0. The summed E-state index contributed by atoms with van der Waals surface area (Å²) in [5.41, 5.74) is 5.28. The third kappa shape index (κ3) is 1.48. The van der Waals surface area contributed by atoms with Crippen molar-refractivity contribution in [2.75, 3.05) is 6.54 Å². The van der Waals surface area contributed by atoms with E-state index in [-0.39, 0.29) is 17.1 Å². The quantitative estimate of drug-likeness (QED) is 0.828. The van der Waals surface area contributed by atoms with Crippen LogP contribution in [0.3, 0.4) is 0 Å². The van der Waals surface area contributed by atoms with Gasteiger partial charge in [0, 0.05) is 17.3 Å². The van der Waals surface area contributed by atoms with Crippen molar-refractivity contribution in [3.05, 3.63) is 35.8 Å². The Hall–Kier alpha value is -1.68. The molecule has 1 aromatic heterocycles. The summed E-state index contributed by atoms with van der Waals surface area (Å²) in [5, 5.41) is 0.612. The minimum absolute atomic E-state index is 0.101. The van der Waals surface area contributed by atoms with Gasteiger partial charge in [-0.25, -0.2) is 4.39 Å². The summed E-state index contributed by atoms with van der Waals surface area (Å²) in [5.74, 6) is -0.331. The molecule has 0 spiro atoms. The maximum atomic E-state index is 13.4. The molecule has 3 nitrogen and oxygen atoms in total. The monoisotopic (exact) mass is 233 g/mol. The van der Waals surface area contributed by atoms with Crippen molar-refractivity contribution in [3.8, 4) is 0 Å². The lowest BCUT2D eigenvalue weighted by atomic mass is 9.99. The van der Waals surface area contributed by atoms with Crippen LogP contribution in [0.5, 0.6) is 0 Å². The van der Waals surface area contributed by atoms with Crippen molar-refractivity contribution in [1.29, 1.82) is 0 Å². The molecule has 0 atom stereocenters. The molecule has 1 aliphatic rings. The van der Waals surface area contributed by atoms with Crippen molar-refractivity contribution >= 4 is 16.8 Å². The molecule has 0 aliphatic heterocycles. The van der Waals surface area contributed by atoms with E-state index in [0.29, 0.717) is 11.9 Å². The Morgan fingerprint density at radius 2 is 2.24 bits per heavy atom. The van der Waals surface area contributed by atoms with Crippen molar-refractivity contribution in [2.45, 2.75) is 12.8 Å². The van der Waals surface area contributed by atoms with Gasteiger partial charge < -0.3 is 10.2 Å². The number of carbonyl (C=O) groups excluding carboxylic acids is 1. The van der Waals surface area contributed by atoms with Crippen LogP contribution < -0.4 is 5.73 Å². The van der Waals surface area contributed by atoms with Gasteiger partial charge in [-0.1, -0.05) is 12.1 Å². The first-order valence-corrected chi connectivity index (χ1v) is 5.59. The average Bonchev–Trinajstić information content (AvgIpc) is 3.01. The predicted octanol–water partition coefficient (Wildman–Crippen LogP) is 2.49. The Bertz CT molecular complexity index is 598. The number of para-hydroxylation sites is 1. The highest BCUT2D eigenvalue weighted by Gasteiger charge is 2.49. The van der Waals surface area contributed by atoms with Gasteiger partial charge in [0.2, 0.25) is 5.78 Å². The molecule has 2 aromatic rings. The number of hydrogen-bond donors (Lipinski definition) is 1. The van der Waals surface area contributed by atoms with Gasteiger partial charge in [0.15, 0.2) is 17.2 Å². The van der Waals surface area contributed by atoms with E-state index in [1.165, 1.54) is 6.07 Å². The second kappa shape index (κ2) is 3.40. The molecule has 3 rings (SSSR count). The fraction of sp³-hybridized carbons (Fsp3) is 0.308. The minimum atomic E-state index is -0.454. The molecule has 1 saturated carbocycles. The normalized spacial score (nSPS) is 17.3. The van der Waals surface area contributed by atoms with Crippen LogP contribution in [0.25, 0.3) is 11.0 Å². The molecule has 0 bridgehead atoms. The van der Waals surface area contributed by atoms with Crippen LogP contribution in [0.4, 0.5) is 4.39 Å². The predicted molar refractivity (Wildman–Crippen MR) is 61.2 cm³/mol. The molecule has 1 heterocycles. The number of benzene rings is 1. The minimum Gasteiger partial charge on any atom is -0.450 e. The summed E-state index contributed by atoms with van der Waals surface area (Å²) in [4.78, 5) is 12.1. The second-order valence-corrected chi connectivity index (χ2v) is 4.58. The largest absolute Gasteiger partial charge is 0.450 e. The number of halogens is 1. The van der Waals surface area contributed by atoms with E-state index in [9.17, 15) is 9.18 Å². The summed E-state index contributed by atoms with van der Waals surface area (Å²) in [6.07, 6.45) is 1.59. The van der Waals surface area contributed by atoms with E-state index in [1.807, 2.05) is 0 Å². The highest BCUT2D eigenvalue weighted by atomic mass is 19.1. The van der Waals surface area contributed by atoms with Gasteiger partial charge in [0.25, 0.3) is 0 Å². The number of hydrogen-bond acceptors (Lipinski definition) is 3. The lowest BCUT2D eigenvalue weighted by Gasteiger charge is -2.07. The van der Waals surface area contributed by atoms with Crippen LogP contribution in [0.15, 0.2) is 28.7 Å². The van der Waals surface area contributed by atoms with Gasteiger partial charge in [-0.05, 0) is 25.0 Å². The Labute approximate surface area is 97.4 Å². The third-order valence-electron chi connectivity index (χ3n) is 3.45. The molecule has 0 amide bonds. The van der Waals surface area contributed by atoms with Crippen molar-refractivity contribution in [2.24, 2.45) is 11.1 Å². The number of rotatable bonds is 3. The van der Waals surface area contributed by atoms with E-state index in [4.69, 9.17) is 10.2 Å². The molecule has 0 saturated heterocycles. The van der Waals surface area contributed by atoms with Crippen LogP contribution >= 0.6 is 0 Å². The summed E-state index contributed by atoms with van der Waals surface area (Å²) in [6, 6.07) is 6.23. The highest BCUT2D eigenvalue weighted by Crippen LogP contribution is 2.47. The van der Waals surface area contributed by atoms with Crippen LogP contribution in [0.1, 0.15) is 23.4 Å². The number of carbonyl (C=O) groups is 1. The summed E-state index contributed by atoms with van der Waals surface area (Å²) in [7, 11) is 0. The Kier molecular flexibility index (Phi) is 2.10. The molecule has 1 aromatic carbocycles. The zero-order chi connectivity index (χ0) is 12.0. The van der Waals surface area contributed by atoms with Crippen molar-refractivity contribution < 1.29 is 13.6 Å². The maximum Gasteiger partial charge on any atom is 0.205 e. The first-order chi connectivity index (χ1) is 8.16. The molecular formula is C13H12FNO2. The molecule has 4 heteroatoms. The highest BCUT2D eigenvalue weighted by molar-refractivity contribution is 6.03. The number of furan rings is 1. The molecule has 17 heavy (non-hydrogen) atoms. The van der Waals surface area contributed by atoms with Crippen LogP contribution in [0, 0.1) is 11.2 Å². The number of ketones is 1. The smallest absolute Gasteiger partial charge is 0.205 e. The first kappa shape index (κ1) is 10.5. The summed E-state index contributed by atoms with van der Waals surface area (Å²) < 4.78 is 18.7. The van der Waals surface area contributed by atoms with Crippen LogP contribution in [0.2, 0.25) is 0 Å². The van der Waals surface area contributed by atoms with Crippen molar-refractivity contribution in [3.63, 3.8) is 0 Å². The maximum absolute atomic E-state index is 13.4. The zero-order valence-electron chi connectivity index (χ0n) is 9.20. The molecule has 2 N–H and O–H groups in total. The second-order valence-electron chi connectivity index (χ2n) is 4.58. The zero-order valence-corrected chi connectivity index (χ0v) is 9.20. The van der Waals surface area contributed by atoms with Gasteiger partial charge in [-0.2, -0.15) is 0 Å². The number of Topliss-reactive ketones (excluding diaryl/α,β-unsaturated/α-hetero) is 1. The third-order valence-corrected chi connectivity index (χ3v) is 3.45. The van der Waals surface area contributed by atoms with Gasteiger partial charge >= 0.3 is 0 Å². The summed E-state index contributed by atoms with van der Waals surface area (Å²) in [6.45, 7) is 0.325. The number of nitrogens with two attached hydrogens (primary N) is 1. The van der Waals surface area contributed by atoms with Crippen molar-refractivity contribution in [1.82, 2.24) is 0 Å². The van der Waals surface area contributed by atoms with Gasteiger partial charge in [0.1, 0.15) is 0 Å². The SMILES string of the molecule is NCC1(C(=O)c2cc3cccc(F)c3o2)CC1. The topological polar surface area (TPSA) is 56.2 Å². The van der Waals surface area contributed by atoms with Crippen LogP contribution in [-0.4, -0.2) is 12.3 Å². The van der Waals surface area contributed by atoms with E-state index < -0.39 is 11.2 Å². The Morgan fingerprint density at radius 1 is 1.47 bits per heavy atom. The Morgan fingerprint density at radius 3 is 2.82 bits per heavy atom. The van der Waals surface area contributed by atoms with Crippen LogP contribution in [-0.2, 0) is 0 Å². The van der Waals surface area contributed by atoms with E-state index in [2.05, 4.69) is 0 Å². The van der Waals surface area contributed by atoms with E-state index in [1.54, 1.807) is 18.2 Å². The standard InChI is InChI=1S/C13H12FNO2/c14-9-3-1-2-8-6-10(17-11(8)9)12(16)13(7-15)4-5-13/h1-3,6H,4-5,7,15H2. The number of fused-ring (bicyclic) bond motifs is 1. The molecular weight excluding hydrogens is 221 g/mol. The van der Waals surface area contributed by atoms with E-state index >= 15 is 0 Å². The van der Waals surface area contributed by atoms with Gasteiger partial charge in [0.05, 0.1) is 0 Å². The Balaban J connectivity index is 2.07. The lowest BCUT2D eigenvalue weighted by molar-refractivity contribution is 0.0879. The van der Waals surface area contributed by atoms with E-state index in [0.717, 1.165) is 12.8 Å². The molecule has 1 fully saturated rings. The fourth-order valence-corrected chi connectivity index (χ4v) is 2.08. The first-order valence-electron chi connectivity index (χ1n) is 5.59. The van der Waals surface area contributed by atoms with Gasteiger partial charge in [-0.3, -0.25) is 4.79 Å². The molecule has 0 radical (unpaired) electrons. The molecule has 88 valence electrons. The fourth-order valence-electron chi connectivity index (χ4n) is 2.08. The molecule has 0 unspecified atom stereocenters. The average molecular weight is 233 g/mol. The van der Waals surface area contributed by atoms with Gasteiger partial charge in [-0.15, -0.1) is 0 Å². The lowest BCUT2D eigenvalue weighted by Crippen LogP contribution is -2.24.